The molecule has 0 fully saturated rings. The summed E-state index contributed by atoms with van der Waals surface area (Å²) in [5.74, 6) is -0.293. The van der Waals surface area contributed by atoms with Crippen LogP contribution in [0.2, 0.25) is 0 Å². The van der Waals surface area contributed by atoms with E-state index in [2.05, 4.69) is 20.9 Å². The topological polar surface area (TPSA) is 58.2 Å². The van der Waals surface area contributed by atoms with Crippen molar-refractivity contribution < 1.29 is 9.53 Å². The van der Waals surface area contributed by atoms with Crippen molar-refractivity contribution in [2.24, 2.45) is 0 Å². The quantitative estimate of drug-likeness (QED) is 0.734. The molecule has 0 radical (unpaired) electrons. The summed E-state index contributed by atoms with van der Waals surface area (Å²) in [5.41, 5.74) is 4.79. The van der Waals surface area contributed by atoms with Crippen molar-refractivity contribution >= 4 is 22.4 Å². The van der Waals surface area contributed by atoms with Crippen molar-refractivity contribution in [3.05, 3.63) is 71.8 Å². The van der Waals surface area contributed by atoms with Crippen LogP contribution in [0.5, 0.6) is 0 Å². The van der Waals surface area contributed by atoms with Crippen molar-refractivity contribution in [2.45, 2.75) is 19.9 Å². The highest BCUT2D eigenvalue weighted by Crippen LogP contribution is 2.31. The van der Waals surface area contributed by atoms with Crippen LogP contribution in [0.4, 0.5) is 0 Å². The molecule has 0 saturated heterocycles. The Morgan fingerprint density at radius 2 is 2.15 bits per heavy atom. The van der Waals surface area contributed by atoms with Crippen molar-refractivity contribution in [3.8, 4) is 0 Å². The van der Waals surface area contributed by atoms with E-state index in [1.54, 1.807) is 6.20 Å². The van der Waals surface area contributed by atoms with Gasteiger partial charge in [-0.3, -0.25) is 4.98 Å². The Hall–Kier alpha value is -3.08. The number of nitrogens with one attached hydrogen (secondary N) is 1. The number of nitrogens with zero attached hydrogens (tertiary/aromatic N) is 2. The normalized spacial score (nSPS) is 13.9. The predicted octanol–water partition coefficient (Wildman–Crippen LogP) is 3.53. The summed E-state index contributed by atoms with van der Waals surface area (Å²) < 4.78 is 5.32. The molecule has 3 aromatic rings. The molecule has 0 atom stereocenters. The van der Waals surface area contributed by atoms with Gasteiger partial charge in [-0.05, 0) is 36.6 Å². The van der Waals surface area contributed by atoms with Crippen molar-refractivity contribution in [2.75, 3.05) is 13.2 Å². The van der Waals surface area contributed by atoms with E-state index in [1.165, 1.54) is 10.9 Å². The number of fused-ring (bicyclic) bond motifs is 3. The van der Waals surface area contributed by atoms with E-state index in [9.17, 15) is 4.79 Å². The van der Waals surface area contributed by atoms with Gasteiger partial charge in [0.25, 0.3) is 0 Å². The molecule has 1 aliphatic rings. The number of hydrogen-bond donors (Lipinski definition) is 1. The third kappa shape index (κ3) is 3.08. The summed E-state index contributed by atoms with van der Waals surface area (Å²) in [4.78, 5) is 22.4. The predicted molar refractivity (Wildman–Crippen MR) is 101 cm³/mol. The largest absolute Gasteiger partial charge is 0.462 e. The van der Waals surface area contributed by atoms with Gasteiger partial charge in [-0.15, -0.1) is 0 Å². The first-order valence-electron chi connectivity index (χ1n) is 8.88. The van der Waals surface area contributed by atoms with Gasteiger partial charge in [0, 0.05) is 42.6 Å². The zero-order valence-electron chi connectivity index (χ0n) is 14.7. The first-order chi connectivity index (χ1) is 12.8. The third-order valence-corrected chi connectivity index (χ3v) is 4.65. The minimum Gasteiger partial charge on any atom is -0.462 e. The summed E-state index contributed by atoms with van der Waals surface area (Å²) in [6.07, 6.45) is 6.41. The number of esters is 1. The van der Waals surface area contributed by atoms with Crippen LogP contribution in [0.1, 0.15) is 23.7 Å². The number of pyridine rings is 1. The molecule has 26 heavy (non-hydrogen) atoms. The Labute approximate surface area is 152 Å². The second-order valence-electron chi connectivity index (χ2n) is 6.37. The highest BCUT2D eigenvalue weighted by molar-refractivity contribution is 6.17. The molecule has 0 saturated carbocycles. The lowest BCUT2D eigenvalue weighted by Gasteiger charge is -2.19. The van der Waals surface area contributed by atoms with E-state index in [-0.39, 0.29) is 5.97 Å². The van der Waals surface area contributed by atoms with Crippen LogP contribution >= 0.6 is 0 Å². The fraction of sp³-hybridized carbons (Fsp3) is 0.238. The minimum atomic E-state index is -0.293. The molecule has 1 aromatic carbocycles. The van der Waals surface area contributed by atoms with E-state index in [0.29, 0.717) is 18.7 Å². The number of ether oxygens (including phenoxy) is 1. The van der Waals surface area contributed by atoms with Gasteiger partial charge >= 0.3 is 5.97 Å². The van der Waals surface area contributed by atoms with Gasteiger partial charge in [0.2, 0.25) is 0 Å². The SMILES string of the molecule is CCOC(=O)C1=CN(Cc2cccnc2)CCc2c1[nH]c1ccccc21. The molecule has 2 aromatic heterocycles. The number of para-hydroxylation sites is 1. The fourth-order valence-electron chi connectivity index (χ4n) is 3.47. The lowest BCUT2D eigenvalue weighted by Crippen LogP contribution is -2.20. The lowest BCUT2D eigenvalue weighted by molar-refractivity contribution is -0.136. The van der Waals surface area contributed by atoms with Crippen LogP contribution in [0, 0.1) is 0 Å². The highest BCUT2D eigenvalue weighted by Gasteiger charge is 2.25. The van der Waals surface area contributed by atoms with Crippen molar-refractivity contribution in [1.29, 1.82) is 0 Å². The highest BCUT2D eigenvalue weighted by atomic mass is 16.5. The molecule has 1 N–H and O–H groups in total. The van der Waals surface area contributed by atoms with Gasteiger partial charge in [-0.1, -0.05) is 24.3 Å². The molecule has 1 aliphatic heterocycles. The van der Waals surface area contributed by atoms with Crippen LogP contribution < -0.4 is 0 Å². The number of hydrogen-bond acceptors (Lipinski definition) is 4. The maximum atomic E-state index is 12.6. The molecule has 0 aliphatic carbocycles. The first-order valence-corrected chi connectivity index (χ1v) is 8.88. The monoisotopic (exact) mass is 347 g/mol. The molecule has 3 heterocycles. The van der Waals surface area contributed by atoms with Crippen LogP contribution in [0.25, 0.3) is 16.5 Å². The van der Waals surface area contributed by atoms with Crippen molar-refractivity contribution in [3.63, 3.8) is 0 Å². The smallest absolute Gasteiger partial charge is 0.341 e. The molecule has 0 spiro atoms. The number of benzene rings is 1. The number of H-pyrrole nitrogens is 1. The van der Waals surface area contributed by atoms with Crippen LogP contribution in [-0.2, 0) is 22.5 Å². The summed E-state index contributed by atoms with van der Waals surface area (Å²) >= 11 is 0. The molecule has 5 heteroatoms. The van der Waals surface area contributed by atoms with E-state index >= 15 is 0 Å². The second kappa shape index (κ2) is 7.04. The third-order valence-electron chi connectivity index (χ3n) is 4.65. The average molecular weight is 347 g/mol. The zero-order chi connectivity index (χ0) is 17.9. The van der Waals surface area contributed by atoms with Crippen LogP contribution in [0.3, 0.4) is 0 Å². The Balaban J connectivity index is 1.75. The number of aromatic amines is 1. The number of carbonyl (C=O) groups excluding carboxylic acids is 1. The molecule has 0 bridgehead atoms. The number of rotatable bonds is 4. The fourth-order valence-corrected chi connectivity index (χ4v) is 3.47. The summed E-state index contributed by atoms with van der Waals surface area (Å²) in [6, 6.07) is 12.1. The van der Waals surface area contributed by atoms with Gasteiger partial charge in [-0.2, -0.15) is 0 Å². The molecule has 5 nitrogen and oxygen atoms in total. The summed E-state index contributed by atoms with van der Waals surface area (Å²) in [6.45, 7) is 3.72. The Morgan fingerprint density at radius 1 is 1.27 bits per heavy atom. The molecule has 132 valence electrons. The molecular weight excluding hydrogens is 326 g/mol. The molecular formula is C21H21N3O2. The number of aromatic nitrogens is 2. The summed E-state index contributed by atoms with van der Waals surface area (Å²) in [5, 5.41) is 1.17. The van der Waals surface area contributed by atoms with E-state index < -0.39 is 0 Å². The van der Waals surface area contributed by atoms with E-state index in [1.807, 2.05) is 49.7 Å². The Kier molecular flexibility index (Phi) is 4.44. The summed E-state index contributed by atoms with van der Waals surface area (Å²) in [7, 11) is 0. The van der Waals surface area contributed by atoms with Gasteiger partial charge in [-0.25, -0.2) is 4.79 Å². The van der Waals surface area contributed by atoms with Gasteiger partial charge in [0.05, 0.1) is 17.9 Å². The minimum absolute atomic E-state index is 0.293. The van der Waals surface area contributed by atoms with Crippen LogP contribution in [-0.4, -0.2) is 34.0 Å². The van der Waals surface area contributed by atoms with Gasteiger partial charge < -0.3 is 14.6 Å². The lowest BCUT2D eigenvalue weighted by atomic mass is 10.0. The first kappa shape index (κ1) is 16.4. The van der Waals surface area contributed by atoms with Gasteiger partial charge in [0.15, 0.2) is 0 Å². The maximum absolute atomic E-state index is 12.6. The second-order valence-corrected chi connectivity index (χ2v) is 6.37. The molecule has 4 rings (SSSR count). The Morgan fingerprint density at radius 3 is 2.96 bits per heavy atom. The van der Waals surface area contributed by atoms with Crippen LogP contribution in [0.15, 0.2) is 55.0 Å². The molecule has 0 unspecified atom stereocenters. The molecule has 0 amide bonds. The maximum Gasteiger partial charge on any atom is 0.341 e. The average Bonchev–Trinajstić information content (AvgIpc) is 2.93. The van der Waals surface area contributed by atoms with E-state index in [0.717, 1.165) is 29.7 Å². The zero-order valence-corrected chi connectivity index (χ0v) is 14.7. The van der Waals surface area contributed by atoms with Gasteiger partial charge in [0.1, 0.15) is 0 Å². The van der Waals surface area contributed by atoms with Crippen molar-refractivity contribution in [1.82, 2.24) is 14.9 Å². The Bertz CT molecular complexity index is 960. The van der Waals surface area contributed by atoms with E-state index in [4.69, 9.17) is 4.74 Å². The standard InChI is InChI=1S/C21H21N3O2/c1-2-26-21(25)18-14-24(13-15-6-5-10-22-12-15)11-9-17-16-7-3-4-8-19(16)23-20(17)18/h3-8,10,12,14,23H,2,9,11,13H2,1H3. The number of carbonyl (C=O) groups is 1.